The summed E-state index contributed by atoms with van der Waals surface area (Å²) in [6, 6.07) is 0.768. The average molecular weight is 317 g/mol. The van der Waals surface area contributed by atoms with Gasteiger partial charge in [-0.3, -0.25) is 9.59 Å². The molecule has 2 aromatic heterocycles. The lowest BCUT2D eigenvalue weighted by molar-refractivity contribution is -0.138. The van der Waals surface area contributed by atoms with Crippen molar-refractivity contribution in [3.05, 3.63) is 23.0 Å². The van der Waals surface area contributed by atoms with Crippen molar-refractivity contribution in [1.29, 1.82) is 0 Å². The summed E-state index contributed by atoms with van der Waals surface area (Å²) in [5.74, 6) is -1.12. The molecule has 1 fully saturated rings. The number of carbonyl (C=O) groups excluding carboxylic acids is 1. The van der Waals surface area contributed by atoms with Gasteiger partial charge < -0.3 is 14.9 Å². The van der Waals surface area contributed by atoms with E-state index in [1.807, 2.05) is 13.8 Å². The third-order valence-electron chi connectivity index (χ3n) is 4.00. The van der Waals surface area contributed by atoms with E-state index in [1.54, 1.807) is 6.07 Å². The number of aliphatic carboxylic acids is 1. The van der Waals surface area contributed by atoms with Crippen LogP contribution < -0.4 is 5.32 Å². The standard InChI is InChI=1S/C16H19N3O4/c1-7(2)13-12-10(14(20)17-8(3)16(21)22)6-11(9-4-5-9)18-15(12)23-19-13/h6-9H,4-5H2,1-3H3,(H,17,20)(H,21,22)/t8-/m1/s1. The summed E-state index contributed by atoms with van der Waals surface area (Å²) in [4.78, 5) is 28.0. The Balaban J connectivity index is 2.09. The summed E-state index contributed by atoms with van der Waals surface area (Å²) < 4.78 is 5.31. The summed E-state index contributed by atoms with van der Waals surface area (Å²) >= 11 is 0. The second kappa shape index (κ2) is 5.64. The van der Waals surface area contributed by atoms with Crippen LogP contribution in [0.5, 0.6) is 0 Å². The van der Waals surface area contributed by atoms with E-state index < -0.39 is 17.9 Å². The van der Waals surface area contributed by atoms with Crippen molar-refractivity contribution < 1.29 is 19.2 Å². The number of carbonyl (C=O) groups is 2. The molecule has 0 bridgehead atoms. The molecule has 0 aromatic carbocycles. The van der Waals surface area contributed by atoms with Gasteiger partial charge in [0.1, 0.15) is 6.04 Å². The van der Waals surface area contributed by atoms with Crippen LogP contribution in [0.2, 0.25) is 0 Å². The van der Waals surface area contributed by atoms with Crippen molar-refractivity contribution >= 4 is 23.0 Å². The molecule has 1 amide bonds. The number of aromatic nitrogens is 2. The number of amides is 1. The predicted octanol–water partition coefficient (Wildman–Crippen LogP) is 2.43. The smallest absolute Gasteiger partial charge is 0.325 e. The fraction of sp³-hybridized carbons (Fsp3) is 0.500. The summed E-state index contributed by atoms with van der Waals surface area (Å²) in [7, 11) is 0. The minimum absolute atomic E-state index is 0.0632. The average Bonchev–Trinajstić information content (AvgIpc) is 3.25. The Labute approximate surface area is 133 Å². The molecule has 2 heterocycles. The number of pyridine rings is 1. The highest BCUT2D eigenvalue weighted by atomic mass is 16.5. The maximum atomic E-state index is 12.6. The van der Waals surface area contributed by atoms with Gasteiger partial charge in [-0.2, -0.15) is 0 Å². The summed E-state index contributed by atoms with van der Waals surface area (Å²) in [6.07, 6.45) is 2.08. The Kier molecular flexibility index (Phi) is 3.79. The van der Waals surface area contributed by atoms with Gasteiger partial charge in [-0.05, 0) is 31.7 Å². The van der Waals surface area contributed by atoms with E-state index in [1.165, 1.54) is 6.92 Å². The van der Waals surface area contributed by atoms with Crippen LogP contribution in [0.4, 0.5) is 0 Å². The van der Waals surface area contributed by atoms with Crippen LogP contribution in [-0.2, 0) is 4.79 Å². The molecule has 0 aliphatic heterocycles. The van der Waals surface area contributed by atoms with Crippen LogP contribution in [-0.4, -0.2) is 33.2 Å². The Morgan fingerprint density at radius 1 is 1.35 bits per heavy atom. The van der Waals surface area contributed by atoms with Crippen molar-refractivity contribution in [2.45, 2.75) is 51.5 Å². The van der Waals surface area contributed by atoms with Crippen molar-refractivity contribution in [1.82, 2.24) is 15.5 Å². The number of fused-ring (bicyclic) bond motifs is 1. The Hall–Kier alpha value is -2.44. The van der Waals surface area contributed by atoms with Crippen LogP contribution in [0.3, 0.4) is 0 Å². The van der Waals surface area contributed by atoms with Gasteiger partial charge in [0.25, 0.3) is 11.6 Å². The second-order valence-electron chi connectivity index (χ2n) is 6.31. The molecule has 23 heavy (non-hydrogen) atoms. The maximum Gasteiger partial charge on any atom is 0.325 e. The zero-order valence-corrected chi connectivity index (χ0v) is 13.3. The van der Waals surface area contributed by atoms with Gasteiger partial charge in [0, 0.05) is 11.6 Å². The largest absolute Gasteiger partial charge is 0.480 e. The maximum absolute atomic E-state index is 12.6. The van der Waals surface area contributed by atoms with Crippen molar-refractivity contribution in [2.75, 3.05) is 0 Å². The molecule has 1 saturated carbocycles. The molecule has 1 aliphatic rings. The number of nitrogens with one attached hydrogen (secondary N) is 1. The van der Waals surface area contributed by atoms with Crippen molar-refractivity contribution in [3.8, 4) is 0 Å². The van der Waals surface area contributed by atoms with Crippen LogP contribution in [0, 0.1) is 0 Å². The van der Waals surface area contributed by atoms with E-state index >= 15 is 0 Å². The summed E-state index contributed by atoms with van der Waals surface area (Å²) in [6.45, 7) is 5.33. The molecule has 1 atom stereocenters. The van der Waals surface area contributed by atoms with Crippen LogP contribution in [0.25, 0.3) is 11.1 Å². The number of hydrogen-bond acceptors (Lipinski definition) is 5. The van der Waals surface area contributed by atoms with E-state index in [4.69, 9.17) is 9.63 Å². The van der Waals surface area contributed by atoms with E-state index in [2.05, 4.69) is 15.5 Å². The molecule has 2 aromatic rings. The fourth-order valence-corrected chi connectivity index (χ4v) is 2.49. The van der Waals surface area contributed by atoms with Gasteiger partial charge in [0.15, 0.2) is 0 Å². The minimum atomic E-state index is -1.08. The monoisotopic (exact) mass is 317 g/mol. The second-order valence-corrected chi connectivity index (χ2v) is 6.31. The predicted molar refractivity (Wildman–Crippen MR) is 82.4 cm³/mol. The van der Waals surface area contributed by atoms with Gasteiger partial charge in [0.2, 0.25) is 0 Å². The third-order valence-corrected chi connectivity index (χ3v) is 4.00. The van der Waals surface area contributed by atoms with E-state index in [9.17, 15) is 9.59 Å². The molecular formula is C16H19N3O4. The van der Waals surface area contributed by atoms with Gasteiger partial charge in [0.05, 0.1) is 16.6 Å². The first-order valence-electron chi connectivity index (χ1n) is 7.72. The van der Waals surface area contributed by atoms with Gasteiger partial charge in [-0.1, -0.05) is 19.0 Å². The summed E-state index contributed by atoms with van der Waals surface area (Å²) in [5, 5.41) is 16.1. The first-order valence-corrected chi connectivity index (χ1v) is 7.72. The number of hydrogen-bond donors (Lipinski definition) is 2. The highest BCUT2D eigenvalue weighted by Crippen LogP contribution is 2.41. The van der Waals surface area contributed by atoms with E-state index in [0.717, 1.165) is 18.5 Å². The number of nitrogens with zero attached hydrogens (tertiary/aromatic N) is 2. The van der Waals surface area contributed by atoms with Crippen LogP contribution >= 0.6 is 0 Å². The molecule has 2 N–H and O–H groups in total. The lowest BCUT2D eigenvalue weighted by Crippen LogP contribution is -2.38. The third kappa shape index (κ3) is 2.91. The highest BCUT2D eigenvalue weighted by molar-refractivity contribution is 6.07. The quantitative estimate of drug-likeness (QED) is 0.877. The minimum Gasteiger partial charge on any atom is -0.480 e. The Morgan fingerprint density at radius 2 is 2.04 bits per heavy atom. The molecule has 7 heteroatoms. The SMILES string of the molecule is CC(C)c1noc2nc(C3CC3)cc(C(=O)N[C@H](C)C(=O)O)c12. The highest BCUT2D eigenvalue weighted by Gasteiger charge is 2.30. The Bertz CT molecular complexity index is 777. The normalized spacial score (nSPS) is 15.8. The first kappa shape index (κ1) is 15.5. The first-order chi connectivity index (χ1) is 10.9. The fourth-order valence-electron chi connectivity index (χ4n) is 2.49. The lowest BCUT2D eigenvalue weighted by Gasteiger charge is -2.11. The van der Waals surface area contributed by atoms with Crippen molar-refractivity contribution in [3.63, 3.8) is 0 Å². The zero-order chi connectivity index (χ0) is 16.7. The number of rotatable bonds is 5. The number of carboxylic acids is 1. The molecule has 0 saturated heterocycles. The molecule has 0 radical (unpaired) electrons. The molecule has 1 aliphatic carbocycles. The molecule has 7 nitrogen and oxygen atoms in total. The molecular weight excluding hydrogens is 298 g/mol. The molecule has 0 unspecified atom stereocenters. The summed E-state index contributed by atoms with van der Waals surface area (Å²) in [5.41, 5.74) is 2.18. The molecule has 0 spiro atoms. The lowest BCUT2D eigenvalue weighted by atomic mass is 10.0. The van der Waals surface area contributed by atoms with Gasteiger partial charge in [-0.25, -0.2) is 4.98 Å². The van der Waals surface area contributed by atoms with Crippen molar-refractivity contribution in [2.24, 2.45) is 0 Å². The topological polar surface area (TPSA) is 105 Å². The molecule has 122 valence electrons. The van der Waals surface area contributed by atoms with Crippen LogP contribution in [0.1, 0.15) is 67.2 Å². The van der Waals surface area contributed by atoms with Gasteiger partial charge >= 0.3 is 5.97 Å². The van der Waals surface area contributed by atoms with E-state index in [-0.39, 0.29) is 5.92 Å². The molecule has 3 rings (SSSR count). The van der Waals surface area contributed by atoms with E-state index in [0.29, 0.717) is 28.3 Å². The Morgan fingerprint density at radius 3 is 2.61 bits per heavy atom. The van der Waals surface area contributed by atoms with Gasteiger partial charge in [-0.15, -0.1) is 0 Å². The van der Waals surface area contributed by atoms with Crippen LogP contribution in [0.15, 0.2) is 10.6 Å². The number of carboxylic acid groups (broad SMARTS) is 1. The zero-order valence-electron chi connectivity index (χ0n) is 13.3.